The lowest BCUT2D eigenvalue weighted by Gasteiger charge is -2.08. The Balaban J connectivity index is 2.60. The van der Waals surface area contributed by atoms with Crippen LogP contribution in [0.2, 0.25) is 0 Å². The molecule has 0 aromatic heterocycles. The van der Waals surface area contributed by atoms with E-state index in [9.17, 15) is 4.39 Å². The lowest BCUT2D eigenvalue weighted by atomic mass is 10.1. The Morgan fingerprint density at radius 1 is 1.36 bits per heavy atom. The average Bonchev–Trinajstić information content (AvgIpc) is 2.21. The van der Waals surface area contributed by atoms with Crippen molar-refractivity contribution < 1.29 is 4.39 Å². The molecule has 0 aliphatic carbocycles. The van der Waals surface area contributed by atoms with Crippen molar-refractivity contribution in [3.05, 3.63) is 29.8 Å². The zero-order valence-corrected chi connectivity index (χ0v) is 7.96. The number of hydrogen-bond acceptors (Lipinski definition) is 2. The summed E-state index contributed by atoms with van der Waals surface area (Å²) in [6.07, 6.45) is 0.889. The van der Waals surface area contributed by atoms with Crippen molar-refractivity contribution in [1.82, 2.24) is 0 Å². The molecule has 0 bridgehead atoms. The molecule has 74 valence electrons. The molecule has 1 N–H and O–H groups in total. The van der Waals surface area contributed by atoms with Crippen LogP contribution in [0.1, 0.15) is 12.0 Å². The molecule has 0 amide bonds. The van der Waals surface area contributed by atoms with Crippen LogP contribution in [-0.2, 0) is 6.42 Å². The number of benzene rings is 1. The van der Waals surface area contributed by atoms with Crippen LogP contribution in [-0.4, -0.2) is 13.2 Å². The molecule has 0 heterocycles. The standard InChI is InChI=1S/C11H13FN2/c12-7-3-9-14-11-5-2-1-4-10(11)6-8-13/h1-2,4-5,14H,3,6-7,9H2. The summed E-state index contributed by atoms with van der Waals surface area (Å²) in [6.45, 7) is 0.298. The first kappa shape index (κ1) is 10.5. The summed E-state index contributed by atoms with van der Waals surface area (Å²) in [7, 11) is 0. The molecule has 0 saturated heterocycles. The predicted octanol–water partition coefficient (Wildman–Crippen LogP) is 2.52. The number of rotatable bonds is 5. The molecule has 0 unspecified atom stereocenters. The SMILES string of the molecule is N#CCc1ccccc1NCCCF. The number of nitriles is 1. The fourth-order valence-electron chi connectivity index (χ4n) is 1.22. The highest BCUT2D eigenvalue weighted by atomic mass is 19.1. The van der Waals surface area contributed by atoms with Crippen molar-refractivity contribution in [2.24, 2.45) is 0 Å². The molecule has 0 fully saturated rings. The quantitative estimate of drug-likeness (QED) is 0.727. The molecular formula is C11H13FN2. The molecule has 14 heavy (non-hydrogen) atoms. The molecule has 0 aliphatic rings. The normalized spacial score (nSPS) is 9.43. The Hall–Kier alpha value is -1.56. The second kappa shape index (κ2) is 5.98. The van der Waals surface area contributed by atoms with E-state index in [1.54, 1.807) is 0 Å². The largest absolute Gasteiger partial charge is 0.385 e. The maximum absolute atomic E-state index is 11.9. The second-order valence-electron chi connectivity index (χ2n) is 2.96. The molecule has 1 rings (SSSR count). The van der Waals surface area contributed by atoms with Gasteiger partial charge in [0.25, 0.3) is 0 Å². The Labute approximate surface area is 83.4 Å². The second-order valence-corrected chi connectivity index (χ2v) is 2.96. The van der Waals surface area contributed by atoms with Gasteiger partial charge in [0, 0.05) is 12.2 Å². The smallest absolute Gasteiger partial charge is 0.0911 e. The molecule has 0 spiro atoms. The van der Waals surface area contributed by atoms with Gasteiger partial charge in [-0.25, -0.2) is 0 Å². The summed E-state index contributed by atoms with van der Waals surface area (Å²) in [4.78, 5) is 0. The van der Waals surface area contributed by atoms with Crippen LogP contribution >= 0.6 is 0 Å². The van der Waals surface area contributed by atoms with E-state index < -0.39 is 0 Å². The van der Waals surface area contributed by atoms with Crippen molar-refractivity contribution in [2.75, 3.05) is 18.5 Å². The highest BCUT2D eigenvalue weighted by molar-refractivity contribution is 5.51. The molecule has 1 aromatic carbocycles. The highest BCUT2D eigenvalue weighted by Gasteiger charge is 1.99. The van der Waals surface area contributed by atoms with E-state index in [1.807, 2.05) is 24.3 Å². The topological polar surface area (TPSA) is 35.8 Å². The van der Waals surface area contributed by atoms with Crippen molar-refractivity contribution in [3.63, 3.8) is 0 Å². The van der Waals surface area contributed by atoms with E-state index in [-0.39, 0.29) is 6.67 Å². The van der Waals surface area contributed by atoms with Crippen LogP contribution < -0.4 is 5.32 Å². The lowest BCUT2D eigenvalue weighted by molar-refractivity contribution is 0.481. The maximum Gasteiger partial charge on any atom is 0.0911 e. The minimum absolute atomic E-state index is 0.312. The van der Waals surface area contributed by atoms with Gasteiger partial charge in [-0.15, -0.1) is 0 Å². The van der Waals surface area contributed by atoms with Crippen LogP contribution in [0, 0.1) is 11.3 Å². The highest BCUT2D eigenvalue weighted by Crippen LogP contribution is 2.14. The zero-order valence-electron chi connectivity index (χ0n) is 7.96. The minimum atomic E-state index is -0.312. The van der Waals surface area contributed by atoms with Gasteiger partial charge in [-0.1, -0.05) is 18.2 Å². The Kier molecular flexibility index (Phi) is 4.49. The van der Waals surface area contributed by atoms with Crippen LogP contribution in [0.4, 0.5) is 10.1 Å². The summed E-state index contributed by atoms with van der Waals surface area (Å²) in [5, 5.41) is 11.7. The van der Waals surface area contributed by atoms with Gasteiger partial charge in [-0.2, -0.15) is 5.26 Å². The van der Waals surface area contributed by atoms with E-state index in [0.717, 1.165) is 11.3 Å². The number of halogens is 1. The summed E-state index contributed by atoms with van der Waals surface area (Å²) >= 11 is 0. The Bertz CT molecular complexity index is 317. The van der Waals surface area contributed by atoms with E-state index in [2.05, 4.69) is 11.4 Å². The first-order valence-corrected chi connectivity index (χ1v) is 4.63. The maximum atomic E-state index is 11.9. The van der Waals surface area contributed by atoms with Crippen LogP contribution in [0.5, 0.6) is 0 Å². The van der Waals surface area contributed by atoms with Gasteiger partial charge in [0.15, 0.2) is 0 Å². The first-order chi connectivity index (χ1) is 6.88. The number of para-hydroxylation sites is 1. The summed E-state index contributed by atoms with van der Waals surface area (Å²) in [6, 6.07) is 9.71. The van der Waals surface area contributed by atoms with Crippen LogP contribution in [0.25, 0.3) is 0 Å². The van der Waals surface area contributed by atoms with Crippen molar-refractivity contribution in [1.29, 1.82) is 5.26 Å². The third-order valence-electron chi connectivity index (χ3n) is 1.91. The number of anilines is 1. The third kappa shape index (κ3) is 3.06. The fraction of sp³-hybridized carbons (Fsp3) is 0.364. The number of alkyl halides is 1. The number of nitrogens with zero attached hydrogens (tertiary/aromatic N) is 1. The summed E-state index contributed by atoms with van der Waals surface area (Å²) < 4.78 is 11.9. The fourth-order valence-corrected chi connectivity index (χ4v) is 1.22. The summed E-state index contributed by atoms with van der Waals surface area (Å²) in [5.74, 6) is 0. The van der Waals surface area contributed by atoms with Gasteiger partial charge < -0.3 is 5.32 Å². The van der Waals surface area contributed by atoms with Gasteiger partial charge in [0.1, 0.15) is 0 Å². The monoisotopic (exact) mass is 192 g/mol. The number of nitrogens with one attached hydrogen (secondary N) is 1. The van der Waals surface area contributed by atoms with Crippen molar-refractivity contribution in [3.8, 4) is 6.07 Å². The van der Waals surface area contributed by atoms with Gasteiger partial charge >= 0.3 is 0 Å². The van der Waals surface area contributed by atoms with Gasteiger partial charge in [0.2, 0.25) is 0 Å². The lowest BCUT2D eigenvalue weighted by Crippen LogP contribution is -2.04. The molecule has 3 heteroatoms. The molecule has 0 aliphatic heterocycles. The van der Waals surface area contributed by atoms with E-state index in [0.29, 0.717) is 19.4 Å². The van der Waals surface area contributed by atoms with Crippen LogP contribution in [0.3, 0.4) is 0 Å². The average molecular weight is 192 g/mol. The number of hydrogen-bond donors (Lipinski definition) is 1. The van der Waals surface area contributed by atoms with Crippen LogP contribution in [0.15, 0.2) is 24.3 Å². The van der Waals surface area contributed by atoms with Gasteiger partial charge in [-0.3, -0.25) is 4.39 Å². The van der Waals surface area contributed by atoms with Gasteiger partial charge in [-0.05, 0) is 18.1 Å². The molecule has 1 aromatic rings. The minimum Gasteiger partial charge on any atom is -0.385 e. The molecule has 0 atom stereocenters. The Morgan fingerprint density at radius 2 is 2.14 bits per heavy atom. The molecule has 2 nitrogen and oxygen atoms in total. The molecule has 0 radical (unpaired) electrons. The van der Waals surface area contributed by atoms with Crippen molar-refractivity contribution >= 4 is 5.69 Å². The molecular weight excluding hydrogens is 179 g/mol. The van der Waals surface area contributed by atoms with E-state index in [4.69, 9.17) is 5.26 Å². The van der Waals surface area contributed by atoms with Crippen molar-refractivity contribution in [2.45, 2.75) is 12.8 Å². The summed E-state index contributed by atoms with van der Waals surface area (Å²) in [5.41, 5.74) is 1.90. The van der Waals surface area contributed by atoms with Gasteiger partial charge in [0.05, 0.1) is 19.2 Å². The van der Waals surface area contributed by atoms with E-state index >= 15 is 0 Å². The zero-order chi connectivity index (χ0) is 10.2. The Morgan fingerprint density at radius 3 is 2.86 bits per heavy atom. The molecule has 0 saturated carbocycles. The van der Waals surface area contributed by atoms with E-state index in [1.165, 1.54) is 0 Å². The first-order valence-electron chi connectivity index (χ1n) is 4.63. The third-order valence-corrected chi connectivity index (χ3v) is 1.91. The predicted molar refractivity (Wildman–Crippen MR) is 54.8 cm³/mol.